The fourth-order valence-electron chi connectivity index (χ4n) is 3.02. The molecule has 0 spiro atoms. The molecule has 2 heterocycles. The second-order valence-corrected chi connectivity index (χ2v) is 5.88. The molecule has 2 aliphatic heterocycles. The summed E-state index contributed by atoms with van der Waals surface area (Å²) in [6.45, 7) is 2.81. The van der Waals surface area contributed by atoms with Crippen LogP contribution in [0.2, 0.25) is 0 Å². The van der Waals surface area contributed by atoms with Crippen molar-refractivity contribution >= 4 is 11.6 Å². The Kier molecular flexibility index (Phi) is 4.65. The number of rotatable bonds is 3. The molecule has 0 radical (unpaired) electrons. The monoisotopic (exact) mass is 285 g/mol. The summed E-state index contributed by atoms with van der Waals surface area (Å²) in [4.78, 5) is 14.5. The van der Waals surface area contributed by atoms with Crippen LogP contribution in [0.5, 0.6) is 0 Å². The average molecular weight is 285 g/mol. The van der Waals surface area contributed by atoms with Crippen LogP contribution in [0.25, 0.3) is 0 Å². The predicted octanol–water partition coefficient (Wildman–Crippen LogP) is 2.85. The second-order valence-electron chi connectivity index (χ2n) is 5.88. The number of nitrogens with zero attached hydrogens (tertiary/aromatic N) is 3. The van der Waals surface area contributed by atoms with Crippen LogP contribution in [0.15, 0.2) is 35.4 Å². The summed E-state index contributed by atoms with van der Waals surface area (Å²) >= 11 is 0. The lowest BCUT2D eigenvalue weighted by molar-refractivity contribution is -0.134. The van der Waals surface area contributed by atoms with Crippen molar-refractivity contribution in [2.24, 2.45) is 5.10 Å². The topological polar surface area (TPSA) is 35.9 Å². The van der Waals surface area contributed by atoms with Gasteiger partial charge in [0.05, 0.1) is 12.4 Å². The summed E-state index contributed by atoms with van der Waals surface area (Å²) in [7, 11) is 0. The molecule has 0 aliphatic carbocycles. The summed E-state index contributed by atoms with van der Waals surface area (Å²) in [6.07, 6.45) is 6.40. The maximum absolute atomic E-state index is 12.1. The van der Waals surface area contributed by atoms with E-state index in [0.29, 0.717) is 13.1 Å². The van der Waals surface area contributed by atoms with E-state index >= 15 is 0 Å². The van der Waals surface area contributed by atoms with Crippen LogP contribution >= 0.6 is 0 Å². The van der Waals surface area contributed by atoms with Gasteiger partial charge in [-0.15, -0.1) is 0 Å². The summed E-state index contributed by atoms with van der Waals surface area (Å²) in [6, 6.07) is 10.2. The summed E-state index contributed by atoms with van der Waals surface area (Å²) in [5.74, 6) is 0.152. The Morgan fingerprint density at radius 2 is 1.67 bits per heavy atom. The first-order valence-corrected chi connectivity index (χ1v) is 7.98. The van der Waals surface area contributed by atoms with Gasteiger partial charge < -0.3 is 0 Å². The van der Waals surface area contributed by atoms with Crippen molar-refractivity contribution < 1.29 is 4.79 Å². The highest BCUT2D eigenvalue weighted by atomic mass is 16.2. The van der Waals surface area contributed by atoms with E-state index in [9.17, 15) is 4.79 Å². The van der Waals surface area contributed by atoms with Gasteiger partial charge in [-0.1, -0.05) is 43.2 Å². The predicted molar refractivity (Wildman–Crippen MR) is 84.0 cm³/mol. The van der Waals surface area contributed by atoms with Gasteiger partial charge in [0.15, 0.2) is 0 Å². The maximum atomic E-state index is 12.1. The van der Waals surface area contributed by atoms with Gasteiger partial charge in [0.1, 0.15) is 0 Å². The number of carbonyl (C=O) groups excluding carboxylic acids is 1. The van der Waals surface area contributed by atoms with Crippen LogP contribution in [0.4, 0.5) is 0 Å². The Morgan fingerprint density at radius 3 is 2.38 bits per heavy atom. The Balaban J connectivity index is 1.71. The zero-order valence-corrected chi connectivity index (χ0v) is 12.5. The minimum Gasteiger partial charge on any atom is -0.284 e. The Hall–Kier alpha value is -1.68. The van der Waals surface area contributed by atoms with Gasteiger partial charge in [0.25, 0.3) is 0 Å². The second kappa shape index (κ2) is 6.85. The molecular weight excluding hydrogens is 262 g/mol. The number of hydrogen-bond donors (Lipinski definition) is 0. The van der Waals surface area contributed by atoms with E-state index in [4.69, 9.17) is 0 Å². The van der Waals surface area contributed by atoms with Crippen LogP contribution in [0, 0.1) is 0 Å². The highest BCUT2D eigenvalue weighted by Gasteiger charge is 2.23. The Bertz CT molecular complexity index is 504. The Morgan fingerprint density at radius 1 is 0.952 bits per heavy atom. The summed E-state index contributed by atoms with van der Waals surface area (Å²) in [5, 5.41) is 6.29. The molecule has 3 rings (SSSR count). The van der Waals surface area contributed by atoms with Gasteiger partial charge in [-0.25, -0.2) is 5.01 Å². The van der Waals surface area contributed by atoms with Crippen molar-refractivity contribution in [3.05, 3.63) is 35.9 Å². The van der Waals surface area contributed by atoms with Crippen LogP contribution in [0.1, 0.15) is 44.1 Å². The Labute approximate surface area is 126 Å². The van der Waals surface area contributed by atoms with Gasteiger partial charge in [-0.2, -0.15) is 5.10 Å². The van der Waals surface area contributed by atoms with Crippen molar-refractivity contribution in [1.29, 1.82) is 0 Å². The van der Waals surface area contributed by atoms with E-state index in [2.05, 4.69) is 22.1 Å². The van der Waals surface area contributed by atoms with E-state index in [1.807, 2.05) is 18.2 Å². The molecule has 1 aromatic rings. The first-order chi connectivity index (χ1) is 10.3. The SMILES string of the molecule is O=C1CCC(c2ccccc2)=NN1CN1CCCCCC1. The molecule has 112 valence electrons. The molecule has 1 amide bonds. The van der Waals surface area contributed by atoms with Crippen LogP contribution in [-0.4, -0.2) is 41.3 Å². The normalized spacial score (nSPS) is 21.0. The zero-order chi connectivity index (χ0) is 14.5. The third-order valence-corrected chi connectivity index (χ3v) is 4.24. The molecular formula is C17H23N3O. The van der Waals surface area contributed by atoms with Crippen LogP contribution in [0.3, 0.4) is 0 Å². The smallest absolute Gasteiger partial charge is 0.244 e. The minimum absolute atomic E-state index is 0.152. The maximum Gasteiger partial charge on any atom is 0.244 e. The van der Waals surface area contributed by atoms with Gasteiger partial charge in [0.2, 0.25) is 5.91 Å². The molecule has 4 heteroatoms. The third kappa shape index (κ3) is 3.70. The van der Waals surface area contributed by atoms with E-state index in [1.54, 1.807) is 5.01 Å². The molecule has 0 atom stereocenters. The van der Waals surface area contributed by atoms with Crippen molar-refractivity contribution in [2.75, 3.05) is 19.8 Å². The van der Waals surface area contributed by atoms with Crippen molar-refractivity contribution in [3.8, 4) is 0 Å². The number of likely N-dealkylation sites (tertiary alicyclic amines) is 1. The number of hydrogen-bond acceptors (Lipinski definition) is 3. The number of amides is 1. The summed E-state index contributed by atoms with van der Waals surface area (Å²) in [5.41, 5.74) is 2.16. The largest absolute Gasteiger partial charge is 0.284 e. The molecule has 0 unspecified atom stereocenters. The molecule has 0 N–H and O–H groups in total. The molecule has 4 nitrogen and oxygen atoms in total. The highest BCUT2D eigenvalue weighted by Crippen LogP contribution is 2.17. The highest BCUT2D eigenvalue weighted by molar-refractivity contribution is 6.04. The molecule has 1 aromatic carbocycles. The van der Waals surface area contributed by atoms with Crippen LogP contribution in [-0.2, 0) is 4.79 Å². The lowest BCUT2D eigenvalue weighted by Crippen LogP contribution is -2.41. The molecule has 1 fully saturated rings. The molecule has 0 aromatic heterocycles. The number of carbonyl (C=O) groups is 1. The van der Waals surface area contributed by atoms with Gasteiger partial charge in [-0.05, 0) is 31.5 Å². The molecule has 0 saturated carbocycles. The average Bonchev–Trinajstić information content (AvgIpc) is 2.79. The number of benzene rings is 1. The molecule has 0 bridgehead atoms. The summed E-state index contributed by atoms with van der Waals surface area (Å²) < 4.78 is 0. The van der Waals surface area contributed by atoms with E-state index in [-0.39, 0.29) is 5.91 Å². The number of hydrazone groups is 1. The first-order valence-electron chi connectivity index (χ1n) is 7.98. The zero-order valence-electron chi connectivity index (χ0n) is 12.5. The van der Waals surface area contributed by atoms with Crippen LogP contribution < -0.4 is 0 Å². The van der Waals surface area contributed by atoms with Crippen molar-refractivity contribution in [2.45, 2.75) is 38.5 Å². The lowest BCUT2D eigenvalue weighted by atomic mass is 10.0. The lowest BCUT2D eigenvalue weighted by Gasteiger charge is -2.29. The van der Waals surface area contributed by atoms with E-state index < -0.39 is 0 Å². The third-order valence-electron chi connectivity index (χ3n) is 4.24. The van der Waals surface area contributed by atoms with Crippen molar-refractivity contribution in [3.63, 3.8) is 0 Å². The fraction of sp³-hybridized carbons (Fsp3) is 0.529. The molecule has 2 aliphatic rings. The standard InChI is InChI=1S/C17H23N3O/c21-17-11-10-16(15-8-4-3-5-9-15)18-20(17)14-19-12-6-1-2-7-13-19/h3-5,8-9H,1-2,6-7,10-14H2. The molecule has 1 saturated heterocycles. The van der Waals surface area contributed by atoms with Gasteiger partial charge >= 0.3 is 0 Å². The minimum atomic E-state index is 0.152. The fourth-order valence-corrected chi connectivity index (χ4v) is 3.02. The quantitative estimate of drug-likeness (QED) is 0.856. The van der Waals surface area contributed by atoms with E-state index in [0.717, 1.165) is 30.8 Å². The van der Waals surface area contributed by atoms with Crippen molar-refractivity contribution in [1.82, 2.24) is 9.91 Å². The molecule has 21 heavy (non-hydrogen) atoms. The van der Waals surface area contributed by atoms with Gasteiger partial charge in [-0.3, -0.25) is 9.69 Å². The first kappa shape index (κ1) is 14.3. The van der Waals surface area contributed by atoms with E-state index in [1.165, 1.54) is 25.7 Å². The van der Waals surface area contributed by atoms with Gasteiger partial charge in [0, 0.05) is 12.8 Å².